The van der Waals surface area contributed by atoms with Crippen molar-refractivity contribution in [3.05, 3.63) is 151 Å². The van der Waals surface area contributed by atoms with Crippen molar-refractivity contribution in [2.45, 2.75) is 22.9 Å². The van der Waals surface area contributed by atoms with Gasteiger partial charge in [-0.1, -0.05) is 72.8 Å². The molecule has 0 saturated heterocycles. The summed E-state index contributed by atoms with van der Waals surface area (Å²) in [6.07, 6.45) is -10.1. The van der Waals surface area contributed by atoms with Crippen LogP contribution in [0.25, 0.3) is 0 Å². The molecule has 6 nitrogen and oxygen atoms in total. The summed E-state index contributed by atoms with van der Waals surface area (Å²) in [5.74, 6) is 0. The Morgan fingerprint density at radius 3 is 1.20 bits per heavy atom. The fourth-order valence-corrected chi connectivity index (χ4v) is 5.92. The lowest BCUT2D eigenvalue weighted by Crippen LogP contribution is -2.15. The molecule has 0 aliphatic rings. The minimum absolute atomic E-state index is 0.299. The number of benzene rings is 4. The lowest BCUT2D eigenvalue weighted by Gasteiger charge is -2.28. The fraction of sp³-hybridized carbons (Fsp3) is 0.143. The molecule has 0 bridgehead atoms. The maximum absolute atomic E-state index is 14.2. The van der Waals surface area contributed by atoms with E-state index in [1.54, 1.807) is 36.4 Å². The van der Waals surface area contributed by atoms with E-state index in [1.165, 1.54) is 24.3 Å². The second kappa shape index (κ2) is 11.6. The van der Waals surface area contributed by atoms with Crippen molar-refractivity contribution in [1.82, 2.24) is 0 Å². The molecule has 4 rings (SSSR count). The zero-order valence-electron chi connectivity index (χ0n) is 20.6. The normalized spacial score (nSPS) is 13.4. The lowest BCUT2D eigenvalue weighted by molar-refractivity contribution is -0.385. The molecular weight excluding hydrogens is 574 g/mol. The second-order valence-corrected chi connectivity index (χ2v) is 9.99. The number of alkyl halides is 6. The Kier molecular flexibility index (Phi) is 8.38. The van der Waals surface area contributed by atoms with Crippen LogP contribution < -0.4 is 0 Å². The molecule has 41 heavy (non-hydrogen) atoms. The zero-order valence-corrected chi connectivity index (χ0v) is 21.4. The Morgan fingerprint density at radius 2 is 0.902 bits per heavy atom. The van der Waals surface area contributed by atoms with Crippen molar-refractivity contribution in [3.8, 4) is 0 Å². The van der Waals surface area contributed by atoms with E-state index < -0.39 is 66.3 Å². The van der Waals surface area contributed by atoms with Crippen LogP contribution >= 0.6 is 11.8 Å². The van der Waals surface area contributed by atoms with Gasteiger partial charge >= 0.3 is 12.4 Å². The van der Waals surface area contributed by atoms with Gasteiger partial charge in [0.25, 0.3) is 11.4 Å². The molecule has 0 amide bonds. The summed E-state index contributed by atoms with van der Waals surface area (Å²) in [4.78, 5) is 20.6. The largest absolute Gasteiger partial charge is 0.416 e. The first kappa shape index (κ1) is 29.6. The minimum Gasteiger partial charge on any atom is -0.258 e. The Morgan fingerprint density at radius 1 is 0.561 bits per heavy atom. The zero-order chi connectivity index (χ0) is 29.9. The van der Waals surface area contributed by atoms with E-state index in [4.69, 9.17) is 0 Å². The van der Waals surface area contributed by atoms with Crippen LogP contribution in [0, 0.1) is 20.2 Å². The van der Waals surface area contributed by atoms with E-state index in [0.29, 0.717) is 23.3 Å². The maximum atomic E-state index is 14.2. The highest BCUT2D eigenvalue weighted by Crippen LogP contribution is 2.52. The van der Waals surface area contributed by atoms with Crippen molar-refractivity contribution < 1.29 is 36.2 Å². The molecule has 0 fully saturated rings. The first-order chi connectivity index (χ1) is 19.3. The third kappa shape index (κ3) is 6.68. The molecule has 0 aliphatic carbocycles. The van der Waals surface area contributed by atoms with Crippen molar-refractivity contribution in [3.63, 3.8) is 0 Å². The summed E-state index contributed by atoms with van der Waals surface area (Å²) >= 11 is 0.752. The van der Waals surface area contributed by atoms with Gasteiger partial charge in [-0.05, 0) is 22.3 Å². The molecule has 0 heterocycles. The molecule has 0 saturated carbocycles. The highest BCUT2D eigenvalue weighted by molar-refractivity contribution is 8.00. The van der Waals surface area contributed by atoms with Crippen LogP contribution in [-0.2, 0) is 12.4 Å². The Balaban J connectivity index is 1.98. The molecule has 0 aromatic heterocycles. The Labute approximate surface area is 232 Å². The van der Waals surface area contributed by atoms with Crippen LogP contribution in [0.3, 0.4) is 0 Å². The first-order valence-electron chi connectivity index (χ1n) is 11.7. The Hall–Kier alpha value is -4.39. The van der Waals surface area contributed by atoms with Crippen LogP contribution in [0.5, 0.6) is 0 Å². The van der Waals surface area contributed by atoms with Crippen LogP contribution in [-0.4, -0.2) is 9.85 Å². The van der Waals surface area contributed by atoms with E-state index in [2.05, 4.69) is 0 Å². The van der Waals surface area contributed by atoms with E-state index in [0.717, 1.165) is 36.0 Å². The number of nitrogens with zero attached hydrogens (tertiary/aromatic N) is 2. The van der Waals surface area contributed by atoms with Crippen molar-refractivity contribution in [2.75, 3.05) is 0 Å². The molecular formula is C28H18F6N2O4S. The average Bonchev–Trinajstić information content (AvgIpc) is 2.93. The van der Waals surface area contributed by atoms with Crippen molar-refractivity contribution in [2.24, 2.45) is 0 Å². The van der Waals surface area contributed by atoms with Gasteiger partial charge in [0.05, 0.1) is 31.5 Å². The van der Waals surface area contributed by atoms with Crippen LogP contribution in [0.15, 0.2) is 97.1 Å². The van der Waals surface area contributed by atoms with E-state index in [9.17, 15) is 46.6 Å². The van der Waals surface area contributed by atoms with Gasteiger partial charge in [-0.25, -0.2) is 0 Å². The molecule has 4 aromatic rings. The molecule has 4 aromatic carbocycles. The molecule has 212 valence electrons. The number of thioether (sulfide) groups is 1. The number of rotatable bonds is 8. The Bertz CT molecular complexity index is 1450. The summed E-state index contributed by atoms with van der Waals surface area (Å²) in [7, 11) is 0. The SMILES string of the molecule is O=[N+]([O-])c1ccc(C(SC(c2ccccc2)c2ccc([N+](=O)[O-])cc2C(F)(F)F)c2ccccc2)c(C(F)(F)F)c1. The van der Waals surface area contributed by atoms with E-state index in [1.807, 2.05) is 0 Å². The number of nitro groups is 2. The highest BCUT2D eigenvalue weighted by Gasteiger charge is 2.41. The van der Waals surface area contributed by atoms with Gasteiger partial charge in [0.1, 0.15) is 0 Å². The molecule has 0 N–H and O–H groups in total. The van der Waals surface area contributed by atoms with Crippen LogP contribution in [0.1, 0.15) is 43.9 Å². The topological polar surface area (TPSA) is 86.3 Å². The highest BCUT2D eigenvalue weighted by atomic mass is 32.2. The minimum atomic E-state index is -5.03. The number of hydrogen-bond acceptors (Lipinski definition) is 5. The quantitative estimate of drug-likeness (QED) is 0.116. The summed E-state index contributed by atoms with van der Waals surface area (Å²) in [5.41, 5.74) is -4.40. The molecule has 0 radical (unpaired) electrons. The number of hydrogen-bond donors (Lipinski definition) is 0. The van der Waals surface area contributed by atoms with Crippen molar-refractivity contribution in [1.29, 1.82) is 0 Å². The van der Waals surface area contributed by atoms with Gasteiger partial charge in [0.2, 0.25) is 0 Å². The van der Waals surface area contributed by atoms with Gasteiger partial charge < -0.3 is 0 Å². The summed E-state index contributed by atoms with van der Waals surface area (Å²) < 4.78 is 85.5. The third-order valence-corrected chi connectivity index (χ3v) is 7.74. The monoisotopic (exact) mass is 592 g/mol. The molecule has 0 aliphatic heterocycles. The summed E-state index contributed by atoms with van der Waals surface area (Å²) in [6.45, 7) is 0. The van der Waals surface area contributed by atoms with Gasteiger partial charge in [-0.15, -0.1) is 11.8 Å². The smallest absolute Gasteiger partial charge is 0.258 e. The second-order valence-electron chi connectivity index (χ2n) is 8.77. The lowest BCUT2D eigenvalue weighted by atomic mass is 9.97. The van der Waals surface area contributed by atoms with Gasteiger partial charge in [0, 0.05) is 24.3 Å². The van der Waals surface area contributed by atoms with E-state index in [-0.39, 0.29) is 0 Å². The predicted molar refractivity (Wildman–Crippen MR) is 140 cm³/mol. The summed E-state index contributed by atoms with van der Waals surface area (Å²) in [6, 6.07) is 19.9. The van der Waals surface area contributed by atoms with E-state index >= 15 is 0 Å². The number of nitro benzene ring substituents is 2. The van der Waals surface area contributed by atoms with Gasteiger partial charge in [-0.3, -0.25) is 20.2 Å². The molecule has 13 heteroatoms. The first-order valence-corrected chi connectivity index (χ1v) is 12.7. The average molecular weight is 593 g/mol. The third-order valence-electron chi connectivity index (χ3n) is 6.15. The molecule has 2 atom stereocenters. The fourth-order valence-electron chi connectivity index (χ4n) is 4.32. The molecule has 0 spiro atoms. The van der Waals surface area contributed by atoms with Crippen LogP contribution in [0.4, 0.5) is 37.7 Å². The van der Waals surface area contributed by atoms with Gasteiger partial charge in [-0.2, -0.15) is 26.3 Å². The van der Waals surface area contributed by atoms with Gasteiger partial charge in [0.15, 0.2) is 0 Å². The summed E-state index contributed by atoms with van der Waals surface area (Å²) in [5, 5.41) is 20.0. The maximum Gasteiger partial charge on any atom is 0.416 e. The number of halogens is 6. The van der Waals surface area contributed by atoms with Crippen LogP contribution in [0.2, 0.25) is 0 Å². The standard InChI is InChI=1S/C28H18F6N2O4S/c29-27(30,31)23-15-19(35(37)38)11-13-21(23)25(17-7-3-1-4-8-17)41-26(18-9-5-2-6-10-18)22-14-12-20(36(39)40)16-24(22)28(32,33)34/h1-16,25-26H. The van der Waals surface area contributed by atoms with Crippen molar-refractivity contribution >= 4 is 23.1 Å². The molecule has 2 unspecified atom stereocenters. The number of non-ortho nitro benzene ring substituents is 2. The predicted octanol–water partition coefficient (Wildman–Crippen LogP) is 9.15.